The molecule has 7 nitrogen and oxygen atoms in total. The average molecular weight is 280 g/mol. The minimum absolute atomic E-state index is 0.482. The fraction of sp³-hybridized carbons (Fsp3) is 0.769. The molecule has 1 aliphatic rings. The smallest absolute Gasteiger partial charge is 0.231 e. The van der Waals surface area contributed by atoms with Crippen molar-refractivity contribution in [3.05, 3.63) is 0 Å². The molecule has 1 saturated carbocycles. The number of anilines is 3. The van der Waals surface area contributed by atoms with Crippen molar-refractivity contribution in [2.75, 3.05) is 42.7 Å². The molecule has 1 aromatic rings. The van der Waals surface area contributed by atoms with Crippen molar-refractivity contribution in [3.63, 3.8) is 0 Å². The van der Waals surface area contributed by atoms with Gasteiger partial charge in [-0.2, -0.15) is 15.0 Å². The van der Waals surface area contributed by atoms with Crippen LogP contribution in [0.2, 0.25) is 0 Å². The molecule has 7 heteroatoms. The maximum atomic E-state index is 10.3. The Hall–Kier alpha value is -1.63. The van der Waals surface area contributed by atoms with Gasteiger partial charge in [0.05, 0.1) is 5.60 Å². The van der Waals surface area contributed by atoms with Crippen LogP contribution in [0.5, 0.6) is 0 Å². The molecule has 0 saturated heterocycles. The molecule has 0 aliphatic heterocycles. The highest BCUT2D eigenvalue weighted by Crippen LogP contribution is 2.29. The summed E-state index contributed by atoms with van der Waals surface area (Å²) in [7, 11) is 3.78. The summed E-state index contributed by atoms with van der Waals surface area (Å²) in [5.41, 5.74) is -0.622. The summed E-state index contributed by atoms with van der Waals surface area (Å²) in [5.74, 6) is 1.64. The minimum Gasteiger partial charge on any atom is -0.388 e. The number of aromatic nitrogens is 3. The van der Waals surface area contributed by atoms with Crippen LogP contribution >= 0.6 is 0 Å². The number of hydrogen-bond donors (Lipinski definition) is 3. The number of hydrogen-bond acceptors (Lipinski definition) is 7. The van der Waals surface area contributed by atoms with E-state index in [2.05, 4.69) is 25.6 Å². The molecular weight excluding hydrogens is 256 g/mol. The Morgan fingerprint density at radius 3 is 2.25 bits per heavy atom. The van der Waals surface area contributed by atoms with Gasteiger partial charge in [-0.3, -0.25) is 0 Å². The van der Waals surface area contributed by atoms with E-state index in [1.807, 2.05) is 25.9 Å². The third-order valence-corrected chi connectivity index (χ3v) is 3.47. The fourth-order valence-electron chi connectivity index (χ4n) is 2.33. The molecule has 0 aromatic carbocycles. The second-order valence-corrected chi connectivity index (χ2v) is 5.49. The van der Waals surface area contributed by atoms with Crippen LogP contribution in [-0.2, 0) is 0 Å². The molecule has 1 fully saturated rings. The van der Waals surface area contributed by atoms with Gasteiger partial charge in [0.2, 0.25) is 17.8 Å². The van der Waals surface area contributed by atoms with Crippen molar-refractivity contribution in [2.45, 2.75) is 38.2 Å². The zero-order valence-corrected chi connectivity index (χ0v) is 12.5. The van der Waals surface area contributed by atoms with Gasteiger partial charge in [0.1, 0.15) is 0 Å². The lowest BCUT2D eigenvalue weighted by Gasteiger charge is -2.22. The molecule has 0 radical (unpaired) electrons. The number of nitrogens with one attached hydrogen (secondary N) is 2. The van der Waals surface area contributed by atoms with Gasteiger partial charge in [0.25, 0.3) is 0 Å². The fourth-order valence-corrected chi connectivity index (χ4v) is 2.33. The lowest BCUT2D eigenvalue weighted by atomic mass is 10.0. The van der Waals surface area contributed by atoms with Crippen LogP contribution in [0, 0.1) is 0 Å². The average Bonchev–Trinajstić information content (AvgIpc) is 2.84. The van der Waals surface area contributed by atoms with Crippen LogP contribution in [0.25, 0.3) is 0 Å². The predicted octanol–water partition coefficient (Wildman–Crippen LogP) is 1.09. The third kappa shape index (κ3) is 3.69. The highest BCUT2D eigenvalue weighted by Gasteiger charge is 2.31. The highest BCUT2D eigenvalue weighted by atomic mass is 16.3. The maximum absolute atomic E-state index is 10.3. The van der Waals surface area contributed by atoms with Gasteiger partial charge in [0.15, 0.2) is 0 Å². The molecule has 1 aromatic heterocycles. The molecule has 0 unspecified atom stereocenters. The van der Waals surface area contributed by atoms with Gasteiger partial charge in [0, 0.05) is 27.2 Å². The molecule has 1 aliphatic carbocycles. The number of aliphatic hydroxyl groups is 1. The Bertz CT molecular complexity index is 444. The van der Waals surface area contributed by atoms with Crippen molar-refractivity contribution in [1.82, 2.24) is 15.0 Å². The van der Waals surface area contributed by atoms with Gasteiger partial charge in [-0.25, -0.2) is 0 Å². The van der Waals surface area contributed by atoms with Gasteiger partial charge >= 0.3 is 0 Å². The SMILES string of the molecule is CCNc1nc(NCC2(O)CCCC2)nc(N(C)C)n1. The largest absolute Gasteiger partial charge is 0.388 e. The molecule has 0 bridgehead atoms. The maximum Gasteiger partial charge on any atom is 0.231 e. The molecular formula is C13H24N6O. The van der Waals surface area contributed by atoms with E-state index < -0.39 is 5.60 Å². The molecule has 0 atom stereocenters. The van der Waals surface area contributed by atoms with E-state index in [0.717, 1.165) is 32.2 Å². The Morgan fingerprint density at radius 2 is 1.70 bits per heavy atom. The Morgan fingerprint density at radius 1 is 1.10 bits per heavy atom. The van der Waals surface area contributed by atoms with Crippen molar-refractivity contribution < 1.29 is 5.11 Å². The molecule has 1 heterocycles. The van der Waals surface area contributed by atoms with Crippen LogP contribution < -0.4 is 15.5 Å². The van der Waals surface area contributed by atoms with E-state index in [4.69, 9.17) is 0 Å². The first-order valence-corrected chi connectivity index (χ1v) is 7.16. The molecule has 0 spiro atoms. The van der Waals surface area contributed by atoms with Gasteiger partial charge in [-0.05, 0) is 19.8 Å². The second-order valence-electron chi connectivity index (χ2n) is 5.49. The summed E-state index contributed by atoms with van der Waals surface area (Å²) in [6.45, 7) is 3.23. The summed E-state index contributed by atoms with van der Waals surface area (Å²) in [6.07, 6.45) is 3.85. The molecule has 3 N–H and O–H groups in total. The lowest BCUT2D eigenvalue weighted by Crippen LogP contribution is -2.34. The highest BCUT2D eigenvalue weighted by molar-refractivity contribution is 5.43. The molecule has 20 heavy (non-hydrogen) atoms. The van der Waals surface area contributed by atoms with E-state index in [1.165, 1.54) is 0 Å². The first kappa shape index (κ1) is 14.8. The van der Waals surface area contributed by atoms with Crippen LogP contribution in [0.4, 0.5) is 17.8 Å². The number of rotatable bonds is 6. The zero-order chi connectivity index (χ0) is 14.6. The summed E-state index contributed by atoms with van der Waals surface area (Å²) >= 11 is 0. The quantitative estimate of drug-likeness (QED) is 0.719. The molecule has 2 rings (SSSR count). The van der Waals surface area contributed by atoms with Gasteiger partial charge < -0.3 is 20.6 Å². The van der Waals surface area contributed by atoms with E-state index >= 15 is 0 Å². The monoisotopic (exact) mass is 280 g/mol. The van der Waals surface area contributed by atoms with E-state index in [0.29, 0.717) is 24.4 Å². The van der Waals surface area contributed by atoms with Crippen LogP contribution in [-0.4, -0.2) is 52.8 Å². The first-order valence-electron chi connectivity index (χ1n) is 7.16. The number of nitrogens with zero attached hydrogens (tertiary/aromatic N) is 4. The van der Waals surface area contributed by atoms with Gasteiger partial charge in [-0.15, -0.1) is 0 Å². The summed E-state index contributed by atoms with van der Waals surface area (Å²) in [5, 5.41) is 16.6. The molecule has 0 amide bonds. The third-order valence-electron chi connectivity index (χ3n) is 3.47. The topological polar surface area (TPSA) is 86.2 Å². The van der Waals surface area contributed by atoms with Crippen molar-refractivity contribution in [3.8, 4) is 0 Å². The lowest BCUT2D eigenvalue weighted by molar-refractivity contribution is 0.0613. The standard InChI is InChI=1S/C13H24N6O/c1-4-14-10-16-11(18-12(17-10)19(2)3)15-9-13(20)7-5-6-8-13/h20H,4-9H2,1-3H3,(H2,14,15,16,17,18). The Balaban J connectivity index is 2.09. The van der Waals surface area contributed by atoms with Crippen molar-refractivity contribution >= 4 is 17.8 Å². The van der Waals surface area contributed by atoms with Crippen molar-refractivity contribution in [1.29, 1.82) is 0 Å². The van der Waals surface area contributed by atoms with E-state index in [1.54, 1.807) is 0 Å². The Labute approximate surface area is 119 Å². The van der Waals surface area contributed by atoms with Crippen LogP contribution in [0.15, 0.2) is 0 Å². The summed E-state index contributed by atoms with van der Waals surface area (Å²) in [6, 6.07) is 0. The van der Waals surface area contributed by atoms with Gasteiger partial charge in [-0.1, -0.05) is 12.8 Å². The predicted molar refractivity (Wildman–Crippen MR) is 80.2 cm³/mol. The van der Waals surface area contributed by atoms with Crippen LogP contribution in [0.1, 0.15) is 32.6 Å². The second kappa shape index (κ2) is 6.21. The first-order chi connectivity index (χ1) is 9.52. The minimum atomic E-state index is -0.622. The van der Waals surface area contributed by atoms with E-state index in [-0.39, 0.29) is 0 Å². The molecule has 112 valence electrons. The van der Waals surface area contributed by atoms with Crippen LogP contribution in [0.3, 0.4) is 0 Å². The van der Waals surface area contributed by atoms with Crippen molar-refractivity contribution in [2.24, 2.45) is 0 Å². The summed E-state index contributed by atoms with van der Waals surface area (Å²) < 4.78 is 0. The zero-order valence-electron chi connectivity index (χ0n) is 12.5. The normalized spacial score (nSPS) is 17.0. The van der Waals surface area contributed by atoms with E-state index in [9.17, 15) is 5.11 Å². The summed E-state index contributed by atoms with van der Waals surface area (Å²) in [4.78, 5) is 14.8. The Kier molecular flexibility index (Phi) is 4.59.